The van der Waals surface area contributed by atoms with Crippen molar-refractivity contribution >= 4 is 17.0 Å². The second kappa shape index (κ2) is 4.55. The molecule has 5 nitrogen and oxygen atoms in total. The molecule has 0 atom stereocenters. The van der Waals surface area contributed by atoms with Gasteiger partial charge in [-0.15, -0.1) is 0 Å². The zero-order valence-electron chi connectivity index (χ0n) is 10.1. The number of nitrogens with zero attached hydrogens (tertiary/aromatic N) is 2. The number of aryl methyl sites for hydroxylation is 1. The summed E-state index contributed by atoms with van der Waals surface area (Å²) in [5.41, 5.74) is 2.29. The Labute approximate surface area is 99.0 Å². The number of fused-ring (bicyclic) bond motifs is 1. The first-order chi connectivity index (χ1) is 8.17. The van der Waals surface area contributed by atoms with Gasteiger partial charge < -0.3 is 14.0 Å². The molecule has 0 aliphatic heterocycles. The maximum atomic E-state index is 11.4. The number of aromatic nitrogens is 2. The molecule has 0 aromatic carbocycles. The van der Waals surface area contributed by atoms with Crippen molar-refractivity contribution in [3.63, 3.8) is 0 Å². The van der Waals surface area contributed by atoms with Crippen LogP contribution >= 0.6 is 0 Å². The highest BCUT2D eigenvalue weighted by Gasteiger charge is 2.11. The lowest BCUT2D eigenvalue weighted by Gasteiger charge is -2.02. The largest absolute Gasteiger partial charge is 0.465 e. The van der Waals surface area contributed by atoms with Crippen LogP contribution in [-0.4, -0.2) is 29.7 Å². The quantitative estimate of drug-likeness (QED) is 0.755. The molecule has 0 amide bonds. The molecule has 5 heteroatoms. The first kappa shape index (κ1) is 11.6. The molecule has 2 aromatic heterocycles. The zero-order valence-corrected chi connectivity index (χ0v) is 10.1. The lowest BCUT2D eigenvalue weighted by molar-refractivity contribution is 0.0600. The summed E-state index contributed by atoms with van der Waals surface area (Å²) in [5, 5.41) is 0.905. The van der Waals surface area contributed by atoms with Crippen molar-refractivity contribution in [2.75, 3.05) is 14.2 Å². The molecule has 0 N–H and O–H groups in total. The Morgan fingerprint density at radius 2 is 2.18 bits per heavy atom. The molecule has 0 saturated carbocycles. The third-order valence-corrected chi connectivity index (χ3v) is 2.68. The second-order valence-corrected chi connectivity index (χ2v) is 3.76. The van der Waals surface area contributed by atoms with Gasteiger partial charge in [0.25, 0.3) is 0 Å². The highest BCUT2D eigenvalue weighted by molar-refractivity contribution is 5.93. The van der Waals surface area contributed by atoms with Gasteiger partial charge in [0, 0.05) is 31.4 Å². The van der Waals surface area contributed by atoms with Crippen molar-refractivity contribution in [3.05, 3.63) is 29.6 Å². The normalized spacial score (nSPS) is 10.8. The van der Waals surface area contributed by atoms with Gasteiger partial charge in [0.05, 0.1) is 19.3 Å². The van der Waals surface area contributed by atoms with Crippen molar-refractivity contribution in [2.24, 2.45) is 7.05 Å². The number of methoxy groups -OCH3 is 2. The molecule has 0 spiro atoms. The standard InChI is InChI=1S/C12H14N2O3/c1-14-10(7-16-2)5-8-4-9(12(15)17-3)6-13-11(8)14/h4-6H,7H2,1-3H3. The van der Waals surface area contributed by atoms with E-state index in [4.69, 9.17) is 4.74 Å². The third-order valence-electron chi connectivity index (χ3n) is 2.68. The number of carbonyl (C=O) groups excluding carboxylic acids is 1. The first-order valence-electron chi connectivity index (χ1n) is 5.19. The summed E-state index contributed by atoms with van der Waals surface area (Å²) in [4.78, 5) is 15.6. The van der Waals surface area contributed by atoms with Gasteiger partial charge in [0.1, 0.15) is 5.65 Å². The molecular weight excluding hydrogens is 220 g/mol. The molecule has 0 aliphatic rings. The van der Waals surface area contributed by atoms with E-state index < -0.39 is 0 Å². The SMILES string of the molecule is COCc1cc2cc(C(=O)OC)cnc2n1C. The Morgan fingerprint density at radius 3 is 2.82 bits per heavy atom. The summed E-state index contributed by atoms with van der Waals surface area (Å²) in [5.74, 6) is -0.378. The predicted molar refractivity (Wildman–Crippen MR) is 62.8 cm³/mol. The molecule has 0 radical (unpaired) electrons. The van der Waals surface area contributed by atoms with E-state index in [1.165, 1.54) is 13.3 Å². The summed E-state index contributed by atoms with van der Waals surface area (Å²) in [6, 6.07) is 3.73. The van der Waals surface area contributed by atoms with Crippen LogP contribution in [0.2, 0.25) is 0 Å². The van der Waals surface area contributed by atoms with Crippen molar-refractivity contribution in [2.45, 2.75) is 6.61 Å². The van der Waals surface area contributed by atoms with Gasteiger partial charge in [-0.25, -0.2) is 9.78 Å². The fourth-order valence-corrected chi connectivity index (χ4v) is 1.79. The fourth-order valence-electron chi connectivity index (χ4n) is 1.79. The van der Waals surface area contributed by atoms with Gasteiger partial charge in [0.15, 0.2) is 0 Å². The van der Waals surface area contributed by atoms with E-state index in [1.807, 2.05) is 17.7 Å². The van der Waals surface area contributed by atoms with E-state index >= 15 is 0 Å². The summed E-state index contributed by atoms with van der Waals surface area (Å²) in [6.07, 6.45) is 1.52. The summed E-state index contributed by atoms with van der Waals surface area (Å²) in [7, 11) is 4.92. The topological polar surface area (TPSA) is 53.4 Å². The van der Waals surface area contributed by atoms with E-state index in [0.717, 1.165) is 16.7 Å². The number of hydrogen-bond acceptors (Lipinski definition) is 4. The monoisotopic (exact) mass is 234 g/mol. The lowest BCUT2D eigenvalue weighted by Crippen LogP contribution is -2.02. The maximum absolute atomic E-state index is 11.4. The van der Waals surface area contributed by atoms with E-state index in [1.54, 1.807) is 13.2 Å². The van der Waals surface area contributed by atoms with Crippen LogP contribution in [0.15, 0.2) is 18.3 Å². The zero-order chi connectivity index (χ0) is 12.4. The molecule has 0 fully saturated rings. The molecule has 2 rings (SSSR count). The Kier molecular flexibility index (Phi) is 3.10. The van der Waals surface area contributed by atoms with Gasteiger partial charge in [-0.1, -0.05) is 0 Å². The van der Waals surface area contributed by atoms with Crippen molar-refractivity contribution in [1.29, 1.82) is 0 Å². The Balaban J connectivity index is 2.51. The van der Waals surface area contributed by atoms with E-state index in [2.05, 4.69) is 9.72 Å². The van der Waals surface area contributed by atoms with Crippen LogP contribution in [0.1, 0.15) is 16.1 Å². The van der Waals surface area contributed by atoms with Crippen LogP contribution in [0, 0.1) is 0 Å². The lowest BCUT2D eigenvalue weighted by atomic mass is 10.2. The highest BCUT2D eigenvalue weighted by Crippen LogP contribution is 2.18. The summed E-state index contributed by atoms with van der Waals surface area (Å²) >= 11 is 0. The Morgan fingerprint density at radius 1 is 1.41 bits per heavy atom. The van der Waals surface area contributed by atoms with Crippen LogP contribution < -0.4 is 0 Å². The van der Waals surface area contributed by atoms with Crippen molar-refractivity contribution in [3.8, 4) is 0 Å². The minimum atomic E-state index is -0.378. The van der Waals surface area contributed by atoms with Crippen LogP contribution in [0.25, 0.3) is 11.0 Å². The van der Waals surface area contributed by atoms with E-state index in [9.17, 15) is 4.79 Å². The molecule has 2 aromatic rings. The smallest absolute Gasteiger partial charge is 0.339 e. The van der Waals surface area contributed by atoms with Crippen molar-refractivity contribution in [1.82, 2.24) is 9.55 Å². The molecule has 90 valence electrons. The van der Waals surface area contributed by atoms with E-state index in [-0.39, 0.29) is 5.97 Å². The maximum Gasteiger partial charge on any atom is 0.339 e. The predicted octanol–water partition coefficient (Wildman–Crippen LogP) is 1.51. The van der Waals surface area contributed by atoms with Gasteiger partial charge in [0.2, 0.25) is 0 Å². The Bertz CT molecular complexity index is 560. The molecule has 0 aliphatic carbocycles. The molecule has 2 heterocycles. The molecule has 0 bridgehead atoms. The second-order valence-electron chi connectivity index (χ2n) is 3.76. The molecule has 0 unspecified atom stereocenters. The third kappa shape index (κ3) is 2.01. The average Bonchev–Trinajstić information content (AvgIpc) is 2.65. The summed E-state index contributed by atoms with van der Waals surface area (Å²) in [6.45, 7) is 0.514. The average molecular weight is 234 g/mol. The Hall–Kier alpha value is -1.88. The number of rotatable bonds is 3. The fraction of sp³-hybridized carbons (Fsp3) is 0.333. The highest BCUT2D eigenvalue weighted by atomic mass is 16.5. The van der Waals surface area contributed by atoms with E-state index in [0.29, 0.717) is 12.2 Å². The molecule has 0 saturated heterocycles. The van der Waals surface area contributed by atoms with Crippen LogP contribution in [0.5, 0.6) is 0 Å². The number of pyridine rings is 1. The molecule has 17 heavy (non-hydrogen) atoms. The van der Waals surface area contributed by atoms with Crippen LogP contribution in [0.3, 0.4) is 0 Å². The first-order valence-corrected chi connectivity index (χ1v) is 5.19. The van der Waals surface area contributed by atoms with Crippen LogP contribution in [0.4, 0.5) is 0 Å². The number of hydrogen-bond donors (Lipinski definition) is 0. The van der Waals surface area contributed by atoms with Gasteiger partial charge >= 0.3 is 5.97 Å². The van der Waals surface area contributed by atoms with Gasteiger partial charge in [-0.05, 0) is 12.1 Å². The summed E-state index contributed by atoms with van der Waals surface area (Å²) < 4.78 is 11.7. The van der Waals surface area contributed by atoms with Gasteiger partial charge in [-0.3, -0.25) is 0 Å². The number of esters is 1. The van der Waals surface area contributed by atoms with Crippen LogP contribution in [-0.2, 0) is 23.1 Å². The van der Waals surface area contributed by atoms with Crippen molar-refractivity contribution < 1.29 is 14.3 Å². The minimum absolute atomic E-state index is 0.378. The van der Waals surface area contributed by atoms with Gasteiger partial charge in [-0.2, -0.15) is 0 Å². The number of ether oxygens (including phenoxy) is 2. The molecular formula is C12H14N2O3. The number of carbonyl (C=O) groups is 1. The minimum Gasteiger partial charge on any atom is -0.465 e.